The van der Waals surface area contributed by atoms with Crippen LogP contribution in [0.3, 0.4) is 0 Å². The number of hydrogen-bond donors (Lipinski definition) is 4. The molecule has 1 unspecified atom stereocenters. The molecule has 0 radical (unpaired) electrons. The molecule has 172 valence electrons. The molecule has 2 saturated carbocycles. The van der Waals surface area contributed by atoms with Crippen molar-refractivity contribution in [2.24, 2.45) is 10.7 Å². The van der Waals surface area contributed by atoms with Gasteiger partial charge in [0, 0.05) is 18.3 Å². The first-order chi connectivity index (χ1) is 15.6. The molecule has 2 fully saturated rings. The van der Waals surface area contributed by atoms with Crippen molar-refractivity contribution in [3.8, 4) is 0 Å². The van der Waals surface area contributed by atoms with Gasteiger partial charge in [-0.25, -0.2) is 13.9 Å². The molecule has 0 bridgehead atoms. The molecule has 0 saturated heterocycles. The fourth-order valence-corrected chi connectivity index (χ4v) is 5.66. The van der Waals surface area contributed by atoms with Crippen LogP contribution in [0.2, 0.25) is 0 Å². The van der Waals surface area contributed by atoms with Gasteiger partial charge in [0.25, 0.3) is 5.56 Å². The zero-order valence-electron chi connectivity index (χ0n) is 18.4. The monoisotopic (exact) mass is 455 g/mol. The van der Waals surface area contributed by atoms with Crippen LogP contribution in [0.15, 0.2) is 51.2 Å². The van der Waals surface area contributed by atoms with E-state index in [0.29, 0.717) is 28.2 Å². The summed E-state index contributed by atoms with van der Waals surface area (Å²) in [6.45, 7) is 0. The molecule has 0 amide bonds. The molecule has 5 N–H and O–H groups in total. The summed E-state index contributed by atoms with van der Waals surface area (Å²) in [5.74, 6) is 0.166. The Labute approximate surface area is 191 Å². The largest absolute Gasteiger partial charge is 0.383 e. The molecule has 1 aromatic heterocycles. The lowest BCUT2D eigenvalue weighted by atomic mass is 9.95. The number of aliphatic imine (C=N–C) groups is 1. The summed E-state index contributed by atoms with van der Waals surface area (Å²) in [5.41, 5.74) is 7.71. The molecule has 8 heteroatoms. The van der Waals surface area contributed by atoms with Crippen LogP contribution in [0.5, 0.6) is 0 Å². The first kappa shape index (κ1) is 22.7. The Hall–Kier alpha value is -2.45. The SMILES string of the molecule is NC(=Nc1ccc(S(=O)NC2CCCCC2)cc1)c1c(NC2CCCCC2)cc[nH]c1=O. The molecule has 0 spiro atoms. The number of hydrogen-bond acceptors (Lipinski definition) is 4. The van der Waals surface area contributed by atoms with E-state index in [1.165, 1.54) is 38.5 Å². The summed E-state index contributed by atoms with van der Waals surface area (Å²) in [6, 6.07) is 9.68. The fraction of sp³-hybridized carbons (Fsp3) is 0.500. The van der Waals surface area contributed by atoms with Crippen LogP contribution < -0.4 is 21.3 Å². The summed E-state index contributed by atoms with van der Waals surface area (Å²) >= 11 is 0. The lowest BCUT2D eigenvalue weighted by molar-refractivity contribution is 0.419. The predicted octanol–water partition coefficient (Wildman–Crippen LogP) is 4.10. The average molecular weight is 456 g/mol. The molecule has 1 atom stereocenters. The van der Waals surface area contributed by atoms with E-state index >= 15 is 0 Å². The van der Waals surface area contributed by atoms with Gasteiger partial charge in [-0.15, -0.1) is 0 Å². The van der Waals surface area contributed by atoms with Crippen LogP contribution in [0.25, 0.3) is 0 Å². The van der Waals surface area contributed by atoms with Crippen LogP contribution in [0.4, 0.5) is 11.4 Å². The number of nitrogens with two attached hydrogens (primary N) is 1. The van der Waals surface area contributed by atoms with Crippen LogP contribution in [-0.4, -0.2) is 27.1 Å². The van der Waals surface area contributed by atoms with Gasteiger partial charge in [0.15, 0.2) is 0 Å². The van der Waals surface area contributed by atoms with Crippen LogP contribution in [-0.2, 0) is 11.0 Å². The van der Waals surface area contributed by atoms with Gasteiger partial charge in [0.05, 0.1) is 16.3 Å². The minimum atomic E-state index is -1.24. The molecule has 0 aliphatic heterocycles. The highest BCUT2D eigenvalue weighted by Crippen LogP contribution is 2.24. The Morgan fingerprint density at radius 2 is 1.56 bits per heavy atom. The Kier molecular flexibility index (Phi) is 7.76. The minimum absolute atomic E-state index is 0.166. The van der Waals surface area contributed by atoms with E-state index in [-0.39, 0.29) is 11.4 Å². The zero-order valence-corrected chi connectivity index (χ0v) is 19.3. The van der Waals surface area contributed by atoms with Gasteiger partial charge in [0.2, 0.25) is 0 Å². The molecule has 1 aromatic carbocycles. The predicted molar refractivity (Wildman–Crippen MR) is 131 cm³/mol. The highest BCUT2D eigenvalue weighted by atomic mass is 32.2. The Morgan fingerprint density at radius 3 is 2.22 bits per heavy atom. The molecular weight excluding hydrogens is 422 g/mol. The maximum Gasteiger partial charge on any atom is 0.261 e. The van der Waals surface area contributed by atoms with Gasteiger partial charge in [-0.05, 0) is 56.0 Å². The van der Waals surface area contributed by atoms with E-state index in [1.54, 1.807) is 30.5 Å². The molecule has 4 rings (SSSR count). The number of nitrogens with one attached hydrogen (secondary N) is 3. The molecular formula is C24H33N5O2S. The Bertz CT molecular complexity index is 1010. The molecule has 7 nitrogen and oxygen atoms in total. The molecule has 2 aliphatic rings. The van der Waals surface area contributed by atoms with Gasteiger partial charge in [-0.2, -0.15) is 0 Å². The van der Waals surface area contributed by atoms with Crippen molar-refractivity contribution < 1.29 is 4.21 Å². The van der Waals surface area contributed by atoms with E-state index in [4.69, 9.17) is 5.73 Å². The number of nitrogens with zero attached hydrogens (tertiary/aromatic N) is 1. The lowest BCUT2D eigenvalue weighted by Gasteiger charge is -2.24. The first-order valence-corrected chi connectivity index (χ1v) is 12.9. The summed E-state index contributed by atoms with van der Waals surface area (Å²) in [5, 5.41) is 3.49. The quantitative estimate of drug-likeness (QED) is 0.372. The molecule has 2 aromatic rings. The second kappa shape index (κ2) is 10.9. The number of anilines is 1. The second-order valence-corrected chi connectivity index (χ2v) is 10.0. The highest BCUT2D eigenvalue weighted by molar-refractivity contribution is 7.83. The van der Waals surface area contributed by atoms with E-state index in [9.17, 15) is 9.00 Å². The molecule has 2 aliphatic carbocycles. The van der Waals surface area contributed by atoms with Gasteiger partial charge >= 0.3 is 0 Å². The van der Waals surface area contributed by atoms with Crippen molar-refractivity contribution >= 4 is 28.2 Å². The number of aromatic nitrogens is 1. The van der Waals surface area contributed by atoms with E-state index in [0.717, 1.165) is 31.4 Å². The second-order valence-electron chi connectivity index (χ2n) is 8.79. The third kappa shape index (κ3) is 5.86. The fourth-order valence-electron chi connectivity index (χ4n) is 4.60. The zero-order chi connectivity index (χ0) is 22.3. The van der Waals surface area contributed by atoms with Crippen molar-refractivity contribution in [1.29, 1.82) is 0 Å². The lowest BCUT2D eigenvalue weighted by Crippen LogP contribution is -2.32. The van der Waals surface area contributed by atoms with Crippen molar-refractivity contribution in [3.63, 3.8) is 0 Å². The van der Waals surface area contributed by atoms with E-state index < -0.39 is 11.0 Å². The smallest absolute Gasteiger partial charge is 0.261 e. The summed E-state index contributed by atoms with van der Waals surface area (Å²) < 4.78 is 15.9. The van der Waals surface area contributed by atoms with Gasteiger partial charge in [-0.3, -0.25) is 4.79 Å². The van der Waals surface area contributed by atoms with Gasteiger partial charge < -0.3 is 16.0 Å². The van der Waals surface area contributed by atoms with Crippen LogP contribution >= 0.6 is 0 Å². The number of H-pyrrole nitrogens is 1. The third-order valence-corrected chi connectivity index (χ3v) is 7.61. The molecule has 32 heavy (non-hydrogen) atoms. The number of benzene rings is 1. The minimum Gasteiger partial charge on any atom is -0.383 e. The van der Waals surface area contributed by atoms with Crippen molar-refractivity contribution in [2.75, 3.05) is 5.32 Å². The van der Waals surface area contributed by atoms with Crippen LogP contribution in [0.1, 0.15) is 69.8 Å². The topological polar surface area (TPSA) is 112 Å². The normalized spacial score (nSPS) is 19.6. The summed E-state index contributed by atoms with van der Waals surface area (Å²) in [4.78, 5) is 20.4. The van der Waals surface area contributed by atoms with Crippen molar-refractivity contribution in [2.45, 2.75) is 81.2 Å². The van der Waals surface area contributed by atoms with Crippen molar-refractivity contribution in [3.05, 3.63) is 52.4 Å². The van der Waals surface area contributed by atoms with Gasteiger partial charge in [0.1, 0.15) is 22.4 Å². The maximum atomic E-state index is 12.6. The average Bonchev–Trinajstić information content (AvgIpc) is 2.81. The number of aromatic amines is 1. The molecule has 1 heterocycles. The first-order valence-electron chi connectivity index (χ1n) is 11.7. The highest BCUT2D eigenvalue weighted by Gasteiger charge is 2.18. The Balaban J connectivity index is 1.48. The van der Waals surface area contributed by atoms with E-state index in [2.05, 4.69) is 20.0 Å². The third-order valence-electron chi connectivity index (χ3n) is 6.36. The maximum absolute atomic E-state index is 12.6. The number of rotatable bonds is 7. The summed E-state index contributed by atoms with van der Waals surface area (Å²) in [6.07, 6.45) is 13.3. The van der Waals surface area contributed by atoms with Crippen LogP contribution in [0, 0.1) is 0 Å². The number of pyridine rings is 1. The van der Waals surface area contributed by atoms with E-state index in [1.807, 2.05) is 6.07 Å². The number of amidine groups is 1. The standard InChI is InChI=1S/C24H33N5O2S/c25-23(22-21(15-16-26-24(22)30)27-17-7-3-1-4-8-17)28-18-11-13-20(14-12-18)32(31)29-19-9-5-2-6-10-19/h11-17,19,29H,1-10H2,(H2,25,28)(H2,26,27,30). The Morgan fingerprint density at radius 1 is 0.938 bits per heavy atom. The van der Waals surface area contributed by atoms with Gasteiger partial charge in [-0.1, -0.05) is 38.5 Å². The summed E-state index contributed by atoms with van der Waals surface area (Å²) in [7, 11) is -1.24. The van der Waals surface area contributed by atoms with Crippen molar-refractivity contribution in [1.82, 2.24) is 9.71 Å².